The van der Waals surface area contributed by atoms with Crippen LogP contribution in [0, 0.1) is 0 Å². The Kier molecular flexibility index (Phi) is 9.21. The monoisotopic (exact) mass is 459 g/mol. The van der Waals surface area contributed by atoms with Crippen LogP contribution in [0.5, 0.6) is 11.5 Å². The molecule has 2 aromatic carbocycles. The van der Waals surface area contributed by atoms with Gasteiger partial charge in [-0.25, -0.2) is 5.01 Å². The first-order valence-corrected chi connectivity index (χ1v) is 11.9. The highest BCUT2D eigenvalue weighted by atomic mass is 35.5. The number of carbonyl (C=O) groups is 1. The molecule has 3 rings (SSSR count). The van der Waals surface area contributed by atoms with E-state index in [4.69, 9.17) is 11.6 Å². The van der Waals surface area contributed by atoms with Gasteiger partial charge < -0.3 is 15.5 Å². The molecule has 1 amide bonds. The number of halogens is 1. The third-order valence-electron chi connectivity index (χ3n) is 6.17. The maximum atomic E-state index is 10.9. The van der Waals surface area contributed by atoms with Crippen LogP contribution < -0.4 is 10.7 Å². The molecule has 32 heavy (non-hydrogen) atoms. The number of benzene rings is 2. The number of fused-ring (bicyclic) bond motifs is 1. The molecule has 7 heteroatoms. The summed E-state index contributed by atoms with van der Waals surface area (Å²) in [6.45, 7) is 3.98. The van der Waals surface area contributed by atoms with Crippen molar-refractivity contribution in [2.24, 2.45) is 0 Å². The highest BCUT2D eigenvalue weighted by molar-refractivity contribution is 6.32. The lowest BCUT2D eigenvalue weighted by atomic mass is 9.87. The van der Waals surface area contributed by atoms with Crippen molar-refractivity contribution in [2.45, 2.75) is 64.3 Å². The van der Waals surface area contributed by atoms with Crippen LogP contribution in [0.15, 0.2) is 30.3 Å². The Balaban J connectivity index is 1.65. The number of rotatable bonds is 12. The van der Waals surface area contributed by atoms with Crippen molar-refractivity contribution in [2.75, 3.05) is 18.4 Å². The number of phenols is 2. The second kappa shape index (κ2) is 12.1. The van der Waals surface area contributed by atoms with Crippen molar-refractivity contribution in [1.29, 1.82) is 0 Å². The van der Waals surface area contributed by atoms with Crippen molar-refractivity contribution in [3.63, 3.8) is 0 Å². The standard InChI is InChI=1S/C25H34ClN3O3/c1-2-3-4-5-12-29(28-11-10-18-6-9-24(31)22(26)13-18)21-8-7-19-16-25(32)23(27-17-30)15-20(19)14-21/h6,9,13,15-17,21,28,31-32H,2-5,7-8,10-12,14H2,1H3,(H,27,30). The van der Waals surface area contributed by atoms with Crippen LogP contribution in [0.25, 0.3) is 0 Å². The first kappa shape index (κ1) is 24.4. The summed E-state index contributed by atoms with van der Waals surface area (Å²) in [4.78, 5) is 10.9. The molecule has 4 N–H and O–H groups in total. The lowest BCUT2D eigenvalue weighted by Gasteiger charge is -2.36. The van der Waals surface area contributed by atoms with Crippen LogP contribution in [-0.4, -0.2) is 40.8 Å². The maximum Gasteiger partial charge on any atom is 0.211 e. The number of unbranched alkanes of at least 4 members (excludes halogenated alkanes) is 3. The van der Waals surface area contributed by atoms with Gasteiger partial charge in [0, 0.05) is 19.1 Å². The predicted octanol–water partition coefficient (Wildman–Crippen LogP) is 4.81. The highest BCUT2D eigenvalue weighted by Crippen LogP contribution is 2.33. The number of nitrogens with zero attached hydrogens (tertiary/aromatic N) is 1. The first-order valence-electron chi connectivity index (χ1n) is 11.5. The molecule has 174 valence electrons. The number of aromatic hydroxyl groups is 2. The Bertz CT molecular complexity index is 906. The summed E-state index contributed by atoms with van der Waals surface area (Å²) < 4.78 is 0. The van der Waals surface area contributed by atoms with Gasteiger partial charge in [-0.1, -0.05) is 43.9 Å². The van der Waals surface area contributed by atoms with Gasteiger partial charge in [-0.05, 0) is 73.1 Å². The zero-order chi connectivity index (χ0) is 22.9. The molecule has 6 nitrogen and oxygen atoms in total. The van der Waals surface area contributed by atoms with E-state index in [2.05, 4.69) is 22.7 Å². The molecule has 1 atom stereocenters. The molecule has 2 aromatic rings. The third kappa shape index (κ3) is 6.61. The molecule has 1 aliphatic carbocycles. The van der Waals surface area contributed by atoms with Crippen LogP contribution in [0.1, 0.15) is 55.7 Å². The van der Waals surface area contributed by atoms with Crippen LogP contribution in [0.4, 0.5) is 5.69 Å². The smallest absolute Gasteiger partial charge is 0.211 e. The molecule has 0 heterocycles. The number of hydrazine groups is 1. The molecular formula is C25H34ClN3O3. The van der Waals surface area contributed by atoms with E-state index in [1.807, 2.05) is 18.2 Å². The number of anilines is 1. The fourth-order valence-corrected chi connectivity index (χ4v) is 4.57. The Hall–Kier alpha value is -2.28. The van der Waals surface area contributed by atoms with Gasteiger partial charge in [0.1, 0.15) is 11.5 Å². The average Bonchev–Trinajstić information content (AvgIpc) is 2.78. The molecule has 1 unspecified atom stereocenters. The number of nitrogens with one attached hydrogen (secondary N) is 2. The molecule has 0 spiro atoms. The van der Waals surface area contributed by atoms with Gasteiger partial charge in [0.15, 0.2) is 0 Å². The van der Waals surface area contributed by atoms with E-state index >= 15 is 0 Å². The number of hydrogen-bond donors (Lipinski definition) is 4. The first-order chi connectivity index (χ1) is 15.5. The average molecular weight is 460 g/mol. The quantitative estimate of drug-likeness (QED) is 0.158. The predicted molar refractivity (Wildman–Crippen MR) is 129 cm³/mol. The van der Waals surface area contributed by atoms with Gasteiger partial charge in [0.2, 0.25) is 6.41 Å². The van der Waals surface area contributed by atoms with Gasteiger partial charge in [-0.3, -0.25) is 10.2 Å². The second-order valence-corrected chi connectivity index (χ2v) is 8.90. The maximum absolute atomic E-state index is 10.9. The zero-order valence-electron chi connectivity index (χ0n) is 18.7. The molecule has 0 aliphatic heterocycles. The van der Waals surface area contributed by atoms with Gasteiger partial charge >= 0.3 is 0 Å². The fourth-order valence-electron chi connectivity index (χ4n) is 4.37. The highest BCUT2D eigenvalue weighted by Gasteiger charge is 2.25. The second-order valence-electron chi connectivity index (χ2n) is 8.49. The fraction of sp³-hybridized carbons (Fsp3) is 0.480. The van der Waals surface area contributed by atoms with E-state index in [9.17, 15) is 15.0 Å². The van der Waals surface area contributed by atoms with Crippen molar-refractivity contribution in [3.8, 4) is 11.5 Å². The van der Waals surface area contributed by atoms with Gasteiger partial charge in [-0.15, -0.1) is 0 Å². The van der Waals surface area contributed by atoms with Crippen LogP contribution >= 0.6 is 11.6 Å². The summed E-state index contributed by atoms with van der Waals surface area (Å²) in [7, 11) is 0. The molecule has 0 saturated carbocycles. The summed E-state index contributed by atoms with van der Waals surface area (Å²) in [5.74, 6) is 0.229. The molecule has 0 aromatic heterocycles. The third-order valence-corrected chi connectivity index (χ3v) is 6.47. The summed E-state index contributed by atoms with van der Waals surface area (Å²) in [6.07, 6.45) is 9.00. The van der Waals surface area contributed by atoms with Crippen molar-refractivity contribution < 1.29 is 15.0 Å². The normalized spacial score (nSPS) is 15.5. The van der Waals surface area contributed by atoms with Crippen LogP contribution in [0.3, 0.4) is 0 Å². The summed E-state index contributed by atoms with van der Waals surface area (Å²) >= 11 is 6.04. The minimum atomic E-state index is 0.108. The Morgan fingerprint density at radius 2 is 1.97 bits per heavy atom. The topological polar surface area (TPSA) is 84.8 Å². The molecule has 1 aliphatic rings. The molecule has 0 radical (unpaired) electrons. The molecule has 0 bridgehead atoms. The van der Waals surface area contributed by atoms with Crippen LogP contribution in [-0.2, 0) is 24.1 Å². The number of carbonyl (C=O) groups excluding carboxylic acids is 1. The zero-order valence-corrected chi connectivity index (χ0v) is 19.5. The van der Waals surface area contributed by atoms with Gasteiger partial charge in [0.25, 0.3) is 0 Å². The minimum absolute atomic E-state index is 0.108. The lowest BCUT2D eigenvalue weighted by molar-refractivity contribution is -0.105. The largest absolute Gasteiger partial charge is 0.506 e. The van der Waals surface area contributed by atoms with E-state index in [0.29, 0.717) is 23.2 Å². The molecule has 0 fully saturated rings. The number of aryl methyl sites for hydroxylation is 1. The van der Waals surface area contributed by atoms with Crippen molar-refractivity contribution >= 4 is 23.7 Å². The minimum Gasteiger partial charge on any atom is -0.506 e. The van der Waals surface area contributed by atoms with Gasteiger partial charge in [-0.2, -0.15) is 0 Å². The Morgan fingerprint density at radius 1 is 1.12 bits per heavy atom. The van der Waals surface area contributed by atoms with Crippen molar-refractivity contribution in [1.82, 2.24) is 10.4 Å². The number of hydrogen-bond acceptors (Lipinski definition) is 5. The van der Waals surface area contributed by atoms with Gasteiger partial charge in [0.05, 0.1) is 10.7 Å². The van der Waals surface area contributed by atoms with E-state index in [-0.39, 0.29) is 11.5 Å². The summed E-state index contributed by atoms with van der Waals surface area (Å²) in [5, 5.41) is 25.1. The van der Waals surface area contributed by atoms with E-state index in [1.54, 1.807) is 12.1 Å². The van der Waals surface area contributed by atoms with E-state index < -0.39 is 0 Å². The number of phenolic OH excluding ortho intramolecular Hbond substituents is 2. The van der Waals surface area contributed by atoms with E-state index in [1.165, 1.54) is 24.8 Å². The molecular weight excluding hydrogens is 426 g/mol. The SMILES string of the molecule is CCCCCCN(NCCc1ccc(O)c(Cl)c1)C1CCc2cc(O)c(NC=O)cc2C1. The Labute approximate surface area is 195 Å². The number of amides is 1. The van der Waals surface area contributed by atoms with Crippen LogP contribution in [0.2, 0.25) is 5.02 Å². The summed E-state index contributed by atoms with van der Waals surface area (Å²) in [5.41, 5.74) is 7.51. The molecule has 0 saturated heterocycles. The van der Waals surface area contributed by atoms with E-state index in [0.717, 1.165) is 56.3 Å². The Morgan fingerprint density at radius 3 is 2.72 bits per heavy atom. The van der Waals surface area contributed by atoms with Crippen molar-refractivity contribution in [3.05, 3.63) is 52.0 Å². The summed E-state index contributed by atoms with van der Waals surface area (Å²) in [6, 6.07) is 9.39. The lowest BCUT2D eigenvalue weighted by Crippen LogP contribution is -2.49.